The lowest BCUT2D eigenvalue weighted by atomic mass is 9.79. The van der Waals surface area contributed by atoms with Gasteiger partial charge in [0.25, 0.3) is 0 Å². The van der Waals surface area contributed by atoms with E-state index in [0.29, 0.717) is 18.8 Å². The van der Waals surface area contributed by atoms with Crippen LogP contribution in [-0.4, -0.2) is 12.5 Å². The number of hydrogen-bond acceptors (Lipinski definition) is 1. The van der Waals surface area contributed by atoms with Crippen LogP contribution in [0.2, 0.25) is 0 Å². The Morgan fingerprint density at radius 3 is 1.83 bits per heavy atom. The summed E-state index contributed by atoms with van der Waals surface area (Å²) in [4.78, 5) is 0. The molecule has 0 aromatic heterocycles. The van der Waals surface area contributed by atoms with Crippen LogP contribution in [0.15, 0.2) is 0 Å². The summed E-state index contributed by atoms with van der Waals surface area (Å²) in [6, 6.07) is 0.170. The van der Waals surface area contributed by atoms with Crippen LogP contribution in [0.1, 0.15) is 32.6 Å². The van der Waals surface area contributed by atoms with Gasteiger partial charge in [-0.25, -0.2) is 8.78 Å². The van der Waals surface area contributed by atoms with Crippen LogP contribution in [0.3, 0.4) is 0 Å². The number of nitrogens with two attached hydrogens (primary N) is 1. The predicted molar refractivity (Wildman–Crippen MR) is 45.1 cm³/mol. The average molecular weight is 177 g/mol. The van der Waals surface area contributed by atoms with E-state index < -0.39 is 6.43 Å². The zero-order chi connectivity index (χ0) is 9.14. The Morgan fingerprint density at radius 2 is 1.50 bits per heavy atom. The van der Waals surface area contributed by atoms with Gasteiger partial charge in [-0.05, 0) is 38.5 Å². The molecule has 0 aromatic carbocycles. The van der Waals surface area contributed by atoms with Crippen molar-refractivity contribution in [2.24, 2.45) is 17.6 Å². The fraction of sp³-hybridized carbons (Fsp3) is 1.00. The Labute approximate surface area is 72.3 Å². The van der Waals surface area contributed by atoms with E-state index in [-0.39, 0.29) is 12.0 Å². The smallest absolute Gasteiger partial charge is 0.241 e. The molecule has 2 N–H and O–H groups in total. The van der Waals surface area contributed by atoms with Crippen LogP contribution >= 0.6 is 0 Å². The molecule has 72 valence electrons. The van der Waals surface area contributed by atoms with Crippen molar-refractivity contribution < 1.29 is 8.78 Å². The second-order valence-electron chi connectivity index (χ2n) is 3.87. The minimum atomic E-state index is -2.13. The van der Waals surface area contributed by atoms with Crippen LogP contribution in [0.25, 0.3) is 0 Å². The Bertz CT molecular complexity index is 112. The molecule has 1 fully saturated rings. The SMILES string of the molecule is C[C@@H](N)C1CCC(C(F)F)CC1. The maximum atomic E-state index is 12.2. The summed E-state index contributed by atoms with van der Waals surface area (Å²) in [6.45, 7) is 1.97. The van der Waals surface area contributed by atoms with Crippen molar-refractivity contribution in [2.45, 2.75) is 45.1 Å². The highest BCUT2D eigenvalue weighted by Gasteiger charge is 2.28. The predicted octanol–water partition coefficient (Wildman–Crippen LogP) is 2.41. The maximum Gasteiger partial charge on any atom is 0.241 e. The van der Waals surface area contributed by atoms with Gasteiger partial charge in [0.1, 0.15) is 0 Å². The first-order valence-corrected chi connectivity index (χ1v) is 4.65. The third-order valence-electron chi connectivity index (χ3n) is 2.92. The molecular weight excluding hydrogens is 160 g/mol. The van der Waals surface area contributed by atoms with Crippen molar-refractivity contribution in [3.8, 4) is 0 Å². The molecule has 3 heteroatoms. The van der Waals surface area contributed by atoms with Crippen molar-refractivity contribution in [1.82, 2.24) is 0 Å². The third kappa shape index (κ3) is 2.41. The molecule has 0 unspecified atom stereocenters. The average Bonchev–Trinajstić information content (AvgIpc) is 2.04. The highest BCUT2D eigenvalue weighted by Crippen LogP contribution is 2.33. The summed E-state index contributed by atoms with van der Waals surface area (Å²) in [5, 5.41) is 0. The van der Waals surface area contributed by atoms with Gasteiger partial charge >= 0.3 is 0 Å². The first kappa shape index (κ1) is 9.90. The molecule has 1 atom stereocenters. The summed E-state index contributed by atoms with van der Waals surface area (Å²) in [5.41, 5.74) is 5.70. The largest absolute Gasteiger partial charge is 0.328 e. The Hall–Kier alpha value is -0.180. The van der Waals surface area contributed by atoms with Gasteiger partial charge in [-0.15, -0.1) is 0 Å². The van der Waals surface area contributed by atoms with Crippen LogP contribution in [0, 0.1) is 11.8 Å². The van der Waals surface area contributed by atoms with Crippen molar-refractivity contribution in [2.75, 3.05) is 0 Å². The normalized spacial score (nSPS) is 33.8. The zero-order valence-corrected chi connectivity index (χ0v) is 7.47. The van der Waals surface area contributed by atoms with Crippen molar-refractivity contribution in [3.63, 3.8) is 0 Å². The quantitative estimate of drug-likeness (QED) is 0.688. The first-order chi connectivity index (χ1) is 5.61. The van der Waals surface area contributed by atoms with Gasteiger partial charge in [0.05, 0.1) is 0 Å². The van der Waals surface area contributed by atoms with E-state index in [4.69, 9.17) is 5.73 Å². The van der Waals surface area contributed by atoms with E-state index in [1.165, 1.54) is 0 Å². The Morgan fingerprint density at radius 1 is 1.08 bits per heavy atom. The van der Waals surface area contributed by atoms with E-state index in [0.717, 1.165) is 12.8 Å². The summed E-state index contributed by atoms with van der Waals surface area (Å²) in [5.74, 6) is 0.111. The van der Waals surface area contributed by atoms with E-state index >= 15 is 0 Å². The number of rotatable bonds is 2. The molecule has 0 spiro atoms. The fourth-order valence-corrected chi connectivity index (χ4v) is 1.92. The second-order valence-corrected chi connectivity index (χ2v) is 3.87. The molecule has 0 aromatic rings. The van der Waals surface area contributed by atoms with Crippen LogP contribution in [0.5, 0.6) is 0 Å². The van der Waals surface area contributed by atoms with E-state index in [1.807, 2.05) is 6.92 Å². The van der Waals surface area contributed by atoms with E-state index in [2.05, 4.69) is 0 Å². The topological polar surface area (TPSA) is 26.0 Å². The molecule has 0 saturated heterocycles. The Kier molecular flexibility index (Phi) is 3.44. The highest BCUT2D eigenvalue weighted by atomic mass is 19.3. The first-order valence-electron chi connectivity index (χ1n) is 4.65. The van der Waals surface area contributed by atoms with Gasteiger partial charge < -0.3 is 5.73 Å². The summed E-state index contributed by atoms with van der Waals surface area (Å²) < 4.78 is 24.4. The monoisotopic (exact) mass is 177 g/mol. The molecule has 0 heterocycles. The summed E-state index contributed by atoms with van der Waals surface area (Å²) in [7, 11) is 0. The van der Waals surface area contributed by atoms with Crippen LogP contribution in [-0.2, 0) is 0 Å². The molecule has 0 aliphatic heterocycles. The van der Waals surface area contributed by atoms with Crippen molar-refractivity contribution >= 4 is 0 Å². The highest BCUT2D eigenvalue weighted by molar-refractivity contribution is 4.78. The summed E-state index contributed by atoms with van der Waals surface area (Å²) in [6.07, 6.45) is 0.951. The zero-order valence-electron chi connectivity index (χ0n) is 7.47. The molecule has 1 aliphatic rings. The standard InChI is InChI=1S/C9H17F2N/c1-6(12)7-2-4-8(5-3-7)9(10)11/h6-9H,2-5,12H2,1H3/t6-,7?,8?/m1/s1. The minimum absolute atomic E-state index is 0.170. The van der Waals surface area contributed by atoms with E-state index in [1.54, 1.807) is 0 Å². The molecule has 0 bridgehead atoms. The van der Waals surface area contributed by atoms with Crippen LogP contribution < -0.4 is 5.73 Å². The van der Waals surface area contributed by atoms with Gasteiger partial charge in [0, 0.05) is 12.0 Å². The van der Waals surface area contributed by atoms with Gasteiger partial charge in [0.15, 0.2) is 0 Å². The Balaban J connectivity index is 2.30. The molecule has 0 amide bonds. The lowest BCUT2D eigenvalue weighted by Crippen LogP contribution is -2.31. The molecular formula is C9H17F2N. The second kappa shape index (κ2) is 4.17. The fourth-order valence-electron chi connectivity index (χ4n) is 1.92. The minimum Gasteiger partial charge on any atom is -0.328 e. The molecule has 1 rings (SSSR count). The third-order valence-corrected chi connectivity index (χ3v) is 2.92. The number of halogens is 2. The number of hydrogen-bond donors (Lipinski definition) is 1. The summed E-state index contributed by atoms with van der Waals surface area (Å²) >= 11 is 0. The van der Waals surface area contributed by atoms with Crippen molar-refractivity contribution in [3.05, 3.63) is 0 Å². The van der Waals surface area contributed by atoms with Gasteiger partial charge in [-0.2, -0.15) is 0 Å². The van der Waals surface area contributed by atoms with Crippen molar-refractivity contribution in [1.29, 1.82) is 0 Å². The van der Waals surface area contributed by atoms with Crippen LogP contribution in [0.4, 0.5) is 8.78 Å². The van der Waals surface area contributed by atoms with E-state index in [9.17, 15) is 8.78 Å². The van der Waals surface area contributed by atoms with Gasteiger partial charge in [-0.3, -0.25) is 0 Å². The van der Waals surface area contributed by atoms with Gasteiger partial charge in [0.2, 0.25) is 6.43 Å². The maximum absolute atomic E-state index is 12.2. The lowest BCUT2D eigenvalue weighted by Gasteiger charge is -2.30. The molecule has 1 nitrogen and oxygen atoms in total. The molecule has 12 heavy (non-hydrogen) atoms. The molecule has 1 saturated carbocycles. The molecule has 1 aliphatic carbocycles. The lowest BCUT2D eigenvalue weighted by molar-refractivity contribution is 0.0444. The number of alkyl halides is 2. The molecule has 0 radical (unpaired) electrons. The van der Waals surface area contributed by atoms with Gasteiger partial charge in [-0.1, -0.05) is 0 Å².